The summed E-state index contributed by atoms with van der Waals surface area (Å²) in [6.45, 7) is 2.12. The summed E-state index contributed by atoms with van der Waals surface area (Å²) >= 11 is 1.81. The number of fused-ring (bicyclic) bond motifs is 1. The number of ether oxygens (including phenoxy) is 1. The molecule has 0 saturated carbocycles. The Morgan fingerprint density at radius 2 is 1.83 bits per heavy atom. The van der Waals surface area contributed by atoms with Gasteiger partial charge >= 0.3 is 0 Å². The Hall–Kier alpha value is -2.00. The number of thioether (sulfide) groups is 1. The average Bonchev–Trinajstić information content (AvgIpc) is 3.03. The molecule has 2 aromatic rings. The van der Waals surface area contributed by atoms with Crippen LogP contribution in [0.5, 0.6) is 0 Å². The lowest BCUT2D eigenvalue weighted by molar-refractivity contribution is 0.227. The highest BCUT2D eigenvalue weighted by atomic mass is 32.2. The van der Waals surface area contributed by atoms with E-state index < -0.39 is 0 Å². The van der Waals surface area contributed by atoms with Crippen LogP contribution < -0.4 is 0 Å². The van der Waals surface area contributed by atoms with E-state index >= 15 is 0 Å². The number of nitrogens with zero attached hydrogens (tertiary/aromatic N) is 1. The van der Waals surface area contributed by atoms with Gasteiger partial charge in [-0.3, -0.25) is 0 Å². The van der Waals surface area contributed by atoms with Gasteiger partial charge in [-0.05, 0) is 44.0 Å². The van der Waals surface area contributed by atoms with E-state index in [1.165, 1.54) is 15.4 Å². The number of hydrogen-bond acceptors (Lipinski definition) is 3. The smallest absolute Gasteiger partial charge is 0.217 e. The fraction of sp³-hybridized carbons (Fsp3) is 0.250. The fourth-order valence-corrected chi connectivity index (χ4v) is 4.06. The minimum absolute atomic E-state index is 0.0743. The van der Waals surface area contributed by atoms with Gasteiger partial charge in [0.1, 0.15) is 0 Å². The molecule has 1 heterocycles. The molecule has 0 aromatic heterocycles. The molecule has 116 valence electrons. The normalized spacial score (nSPS) is 22.8. The van der Waals surface area contributed by atoms with Crippen molar-refractivity contribution in [3.05, 3.63) is 76.7 Å². The molecule has 0 spiro atoms. The lowest BCUT2D eigenvalue weighted by atomic mass is 10.00. The number of aliphatic imine (C=N–C) groups is 1. The third kappa shape index (κ3) is 3.06. The number of aryl methyl sites for hydroxylation is 1. The first-order valence-electron chi connectivity index (χ1n) is 8.04. The molecule has 4 rings (SSSR count). The van der Waals surface area contributed by atoms with Gasteiger partial charge in [0.15, 0.2) is 6.10 Å². The predicted octanol–water partition coefficient (Wildman–Crippen LogP) is 4.98. The van der Waals surface area contributed by atoms with Crippen LogP contribution >= 0.6 is 11.8 Å². The van der Waals surface area contributed by atoms with E-state index in [0.29, 0.717) is 0 Å². The Balaban J connectivity index is 1.53. The summed E-state index contributed by atoms with van der Waals surface area (Å²) in [7, 11) is 0. The SMILES string of the molecule is Cc1ccc(SC2=CCC[C@@H]3N=C(c4ccccc4)O[C@H]23)cc1. The number of benzene rings is 2. The van der Waals surface area contributed by atoms with Crippen molar-refractivity contribution in [3.63, 3.8) is 0 Å². The summed E-state index contributed by atoms with van der Waals surface area (Å²) in [4.78, 5) is 7.38. The molecule has 0 N–H and O–H groups in total. The van der Waals surface area contributed by atoms with Crippen LogP contribution in [-0.2, 0) is 4.74 Å². The van der Waals surface area contributed by atoms with Gasteiger partial charge in [0.05, 0.1) is 6.04 Å². The van der Waals surface area contributed by atoms with E-state index in [2.05, 4.69) is 49.4 Å². The zero-order valence-corrected chi connectivity index (χ0v) is 13.9. The maximum Gasteiger partial charge on any atom is 0.217 e. The first-order chi connectivity index (χ1) is 11.3. The molecule has 0 radical (unpaired) electrons. The average molecular weight is 321 g/mol. The monoisotopic (exact) mass is 321 g/mol. The molecular formula is C20H19NOS. The van der Waals surface area contributed by atoms with Crippen LogP contribution in [-0.4, -0.2) is 18.0 Å². The van der Waals surface area contributed by atoms with E-state index in [0.717, 1.165) is 24.3 Å². The summed E-state index contributed by atoms with van der Waals surface area (Å²) in [5.41, 5.74) is 2.36. The zero-order valence-electron chi connectivity index (χ0n) is 13.1. The van der Waals surface area contributed by atoms with E-state index in [1.54, 1.807) is 0 Å². The summed E-state index contributed by atoms with van der Waals surface area (Å²) in [5.74, 6) is 0.790. The van der Waals surface area contributed by atoms with Gasteiger partial charge in [-0.1, -0.05) is 53.7 Å². The number of allylic oxidation sites excluding steroid dienone is 1. The van der Waals surface area contributed by atoms with Crippen LogP contribution in [0.1, 0.15) is 24.0 Å². The van der Waals surface area contributed by atoms with Gasteiger partial charge in [-0.15, -0.1) is 0 Å². The van der Waals surface area contributed by atoms with Gasteiger partial charge in [0, 0.05) is 15.4 Å². The summed E-state index contributed by atoms with van der Waals surface area (Å²) in [5, 5.41) is 0. The van der Waals surface area contributed by atoms with Crippen molar-refractivity contribution < 1.29 is 4.74 Å². The topological polar surface area (TPSA) is 21.6 Å². The molecule has 2 nitrogen and oxygen atoms in total. The molecule has 1 aliphatic heterocycles. The Labute approximate surface area is 141 Å². The maximum absolute atomic E-state index is 6.22. The molecule has 0 bridgehead atoms. The quantitative estimate of drug-likeness (QED) is 0.795. The molecule has 23 heavy (non-hydrogen) atoms. The third-order valence-electron chi connectivity index (χ3n) is 4.24. The summed E-state index contributed by atoms with van der Waals surface area (Å²) < 4.78 is 6.22. The largest absolute Gasteiger partial charge is 0.466 e. The summed E-state index contributed by atoms with van der Waals surface area (Å²) in [6.07, 6.45) is 4.53. The minimum atomic E-state index is 0.0743. The van der Waals surface area contributed by atoms with E-state index in [9.17, 15) is 0 Å². The minimum Gasteiger partial charge on any atom is -0.466 e. The Morgan fingerprint density at radius 1 is 1.04 bits per heavy atom. The van der Waals surface area contributed by atoms with Crippen LogP contribution in [0.2, 0.25) is 0 Å². The maximum atomic E-state index is 6.22. The lowest BCUT2D eigenvalue weighted by Crippen LogP contribution is -2.26. The van der Waals surface area contributed by atoms with E-state index in [-0.39, 0.29) is 12.1 Å². The van der Waals surface area contributed by atoms with Crippen molar-refractivity contribution >= 4 is 17.7 Å². The van der Waals surface area contributed by atoms with Gasteiger partial charge in [-0.2, -0.15) is 0 Å². The van der Waals surface area contributed by atoms with Gasteiger partial charge < -0.3 is 4.74 Å². The highest BCUT2D eigenvalue weighted by Gasteiger charge is 2.36. The van der Waals surface area contributed by atoms with Gasteiger partial charge in [0.2, 0.25) is 5.90 Å². The van der Waals surface area contributed by atoms with Crippen molar-refractivity contribution in [2.75, 3.05) is 0 Å². The molecule has 1 aliphatic carbocycles. The first-order valence-corrected chi connectivity index (χ1v) is 8.86. The molecule has 2 aliphatic rings. The Bertz CT molecular complexity index is 749. The first kappa shape index (κ1) is 14.6. The van der Waals surface area contributed by atoms with Crippen molar-refractivity contribution in [3.8, 4) is 0 Å². The lowest BCUT2D eigenvalue weighted by Gasteiger charge is -2.24. The molecular weight excluding hydrogens is 302 g/mol. The third-order valence-corrected chi connectivity index (χ3v) is 5.38. The van der Waals surface area contributed by atoms with Gasteiger partial charge in [0.25, 0.3) is 0 Å². The van der Waals surface area contributed by atoms with E-state index in [4.69, 9.17) is 9.73 Å². The number of hydrogen-bond donors (Lipinski definition) is 0. The van der Waals surface area contributed by atoms with Crippen molar-refractivity contribution in [2.24, 2.45) is 4.99 Å². The second-order valence-electron chi connectivity index (χ2n) is 6.01. The highest BCUT2D eigenvalue weighted by molar-refractivity contribution is 8.03. The molecule has 0 unspecified atom stereocenters. The second kappa shape index (κ2) is 6.25. The van der Waals surface area contributed by atoms with Gasteiger partial charge in [-0.25, -0.2) is 4.99 Å². The van der Waals surface area contributed by atoms with Crippen LogP contribution in [0.3, 0.4) is 0 Å². The highest BCUT2D eigenvalue weighted by Crippen LogP contribution is 2.39. The molecule has 0 fully saturated rings. The zero-order chi connectivity index (χ0) is 15.6. The van der Waals surface area contributed by atoms with Crippen LogP contribution in [0, 0.1) is 6.92 Å². The Kier molecular flexibility index (Phi) is 3.96. The Morgan fingerprint density at radius 3 is 2.61 bits per heavy atom. The van der Waals surface area contributed by atoms with Crippen LogP contribution in [0.4, 0.5) is 0 Å². The fourth-order valence-electron chi connectivity index (χ4n) is 2.99. The molecule has 0 saturated heterocycles. The van der Waals surface area contributed by atoms with Crippen LogP contribution in [0.15, 0.2) is 75.5 Å². The van der Waals surface area contributed by atoms with Crippen molar-refractivity contribution in [1.82, 2.24) is 0 Å². The molecule has 2 aromatic carbocycles. The standard InChI is InChI=1S/C20H19NOS/c1-14-10-12-16(13-11-14)23-18-9-5-8-17-19(18)22-20(21-17)15-6-3-2-4-7-15/h2-4,6-7,9-13,17,19H,5,8H2,1H3/t17-,19-/m0/s1. The predicted molar refractivity (Wildman–Crippen MR) is 96.0 cm³/mol. The number of rotatable bonds is 3. The molecule has 3 heteroatoms. The van der Waals surface area contributed by atoms with Crippen LogP contribution in [0.25, 0.3) is 0 Å². The van der Waals surface area contributed by atoms with Crippen molar-refractivity contribution in [1.29, 1.82) is 0 Å². The molecule has 2 atom stereocenters. The summed E-state index contributed by atoms with van der Waals surface area (Å²) in [6, 6.07) is 19.1. The van der Waals surface area contributed by atoms with E-state index in [1.807, 2.05) is 30.0 Å². The van der Waals surface area contributed by atoms with Crippen molar-refractivity contribution in [2.45, 2.75) is 36.8 Å². The molecule has 0 amide bonds. The second-order valence-corrected chi connectivity index (χ2v) is 7.15.